The Hall–Kier alpha value is -4.17. The number of hydrogen-bond acceptors (Lipinski definition) is 5. The Morgan fingerprint density at radius 2 is 1.56 bits per heavy atom. The first kappa shape index (κ1) is 19.8. The standard InChI is InChI=1S/C24H16N4O3S/c29-23-22(26-24(32)27(23)14-15-9-11-16(12-10-15)28(30)31)13-19-17-5-1-3-7-20(17)25-21-8-4-2-6-18(19)21/h1-13H,14H2,(H,26,32)/b22-13-. The number of nitro benzene ring substituents is 1. The van der Waals surface area contributed by atoms with Gasteiger partial charge in [-0.3, -0.25) is 19.8 Å². The molecule has 2 heterocycles. The molecule has 0 saturated carbocycles. The predicted octanol–water partition coefficient (Wildman–Crippen LogP) is 4.55. The molecule has 0 radical (unpaired) electrons. The van der Waals surface area contributed by atoms with Crippen LogP contribution in [0.3, 0.4) is 0 Å². The number of rotatable bonds is 4. The van der Waals surface area contributed by atoms with Crippen LogP contribution < -0.4 is 5.32 Å². The lowest BCUT2D eigenvalue weighted by Crippen LogP contribution is -2.29. The van der Waals surface area contributed by atoms with Gasteiger partial charge in [0.25, 0.3) is 11.6 Å². The molecule has 4 aromatic rings. The summed E-state index contributed by atoms with van der Waals surface area (Å²) < 4.78 is 0. The van der Waals surface area contributed by atoms with Crippen LogP contribution in [0.4, 0.5) is 5.69 Å². The number of benzene rings is 3. The van der Waals surface area contributed by atoms with Crippen molar-refractivity contribution in [2.75, 3.05) is 0 Å². The minimum atomic E-state index is -0.457. The number of carbonyl (C=O) groups is 1. The number of pyridine rings is 1. The highest BCUT2D eigenvalue weighted by Crippen LogP contribution is 2.29. The summed E-state index contributed by atoms with van der Waals surface area (Å²) in [5.41, 5.74) is 3.69. The number of thiocarbonyl (C=S) groups is 1. The number of para-hydroxylation sites is 2. The van der Waals surface area contributed by atoms with Gasteiger partial charge in [0.05, 0.1) is 22.5 Å². The third-order valence-corrected chi connectivity index (χ3v) is 5.69. The third-order valence-electron chi connectivity index (χ3n) is 5.37. The van der Waals surface area contributed by atoms with E-state index in [-0.39, 0.29) is 18.1 Å². The van der Waals surface area contributed by atoms with E-state index in [1.807, 2.05) is 54.6 Å². The Balaban J connectivity index is 1.52. The van der Waals surface area contributed by atoms with E-state index in [2.05, 4.69) is 5.32 Å². The van der Waals surface area contributed by atoms with Crippen molar-refractivity contribution in [1.29, 1.82) is 0 Å². The van der Waals surface area contributed by atoms with Crippen LogP contribution in [-0.4, -0.2) is 25.8 Å². The van der Waals surface area contributed by atoms with Gasteiger partial charge in [-0.15, -0.1) is 0 Å². The van der Waals surface area contributed by atoms with Crippen LogP contribution in [-0.2, 0) is 11.3 Å². The number of aromatic nitrogens is 1. The Labute approximate surface area is 188 Å². The molecule has 1 N–H and O–H groups in total. The summed E-state index contributed by atoms with van der Waals surface area (Å²) in [7, 11) is 0. The lowest BCUT2D eigenvalue weighted by atomic mass is 10.0. The van der Waals surface area contributed by atoms with Gasteiger partial charge >= 0.3 is 0 Å². The van der Waals surface area contributed by atoms with E-state index in [9.17, 15) is 14.9 Å². The van der Waals surface area contributed by atoms with Crippen LogP contribution >= 0.6 is 12.2 Å². The van der Waals surface area contributed by atoms with E-state index in [0.29, 0.717) is 10.8 Å². The molecule has 0 spiro atoms. The van der Waals surface area contributed by atoms with Gasteiger partial charge in [0.2, 0.25) is 0 Å². The Kier molecular flexibility index (Phi) is 4.84. The molecule has 5 rings (SSSR count). The molecule has 0 unspecified atom stereocenters. The number of hydrogen-bond donors (Lipinski definition) is 1. The molecule has 7 nitrogen and oxygen atoms in total. The molecule has 1 aliphatic rings. The Bertz CT molecular complexity index is 1390. The summed E-state index contributed by atoms with van der Waals surface area (Å²) in [6.45, 7) is 0.220. The van der Waals surface area contributed by atoms with E-state index < -0.39 is 4.92 Å². The van der Waals surface area contributed by atoms with Gasteiger partial charge in [-0.25, -0.2) is 4.98 Å². The number of carbonyl (C=O) groups excluding carboxylic acids is 1. The van der Waals surface area contributed by atoms with E-state index in [0.717, 1.165) is 32.9 Å². The molecule has 3 aromatic carbocycles. The van der Waals surface area contributed by atoms with E-state index >= 15 is 0 Å². The molecule has 0 bridgehead atoms. The number of fused-ring (bicyclic) bond motifs is 2. The topological polar surface area (TPSA) is 88.4 Å². The van der Waals surface area contributed by atoms with Crippen molar-refractivity contribution in [3.63, 3.8) is 0 Å². The van der Waals surface area contributed by atoms with Crippen LogP contribution in [0.5, 0.6) is 0 Å². The summed E-state index contributed by atoms with van der Waals surface area (Å²) in [4.78, 5) is 29.7. The minimum Gasteiger partial charge on any atom is -0.328 e. The van der Waals surface area contributed by atoms with Gasteiger partial charge in [-0.05, 0) is 41.6 Å². The monoisotopic (exact) mass is 440 g/mol. The van der Waals surface area contributed by atoms with Crippen molar-refractivity contribution in [3.05, 3.63) is 99.7 Å². The van der Waals surface area contributed by atoms with Crippen molar-refractivity contribution < 1.29 is 9.72 Å². The van der Waals surface area contributed by atoms with Crippen molar-refractivity contribution in [2.24, 2.45) is 0 Å². The maximum absolute atomic E-state index is 13.2. The largest absolute Gasteiger partial charge is 0.328 e. The minimum absolute atomic E-state index is 0.000715. The summed E-state index contributed by atoms with van der Waals surface area (Å²) in [6, 6.07) is 21.7. The van der Waals surface area contributed by atoms with Crippen molar-refractivity contribution in [2.45, 2.75) is 6.54 Å². The van der Waals surface area contributed by atoms with Gasteiger partial charge in [0, 0.05) is 22.9 Å². The highest BCUT2D eigenvalue weighted by molar-refractivity contribution is 7.80. The Morgan fingerprint density at radius 3 is 2.16 bits per heavy atom. The highest BCUT2D eigenvalue weighted by atomic mass is 32.1. The van der Waals surface area contributed by atoms with Crippen LogP contribution in [0.1, 0.15) is 11.1 Å². The van der Waals surface area contributed by atoms with E-state index in [4.69, 9.17) is 17.2 Å². The zero-order chi connectivity index (χ0) is 22.2. The van der Waals surface area contributed by atoms with E-state index in [1.54, 1.807) is 12.1 Å². The molecule has 0 atom stereocenters. The molecular weight excluding hydrogens is 424 g/mol. The number of nitrogens with one attached hydrogen (secondary N) is 1. The fourth-order valence-electron chi connectivity index (χ4n) is 3.79. The van der Waals surface area contributed by atoms with Crippen LogP contribution in [0, 0.1) is 10.1 Å². The molecule has 1 fully saturated rings. The van der Waals surface area contributed by atoms with Crippen LogP contribution in [0.2, 0.25) is 0 Å². The molecule has 1 aliphatic heterocycles. The molecule has 8 heteroatoms. The third kappa shape index (κ3) is 3.46. The maximum Gasteiger partial charge on any atom is 0.276 e. The number of non-ortho nitro benzene ring substituents is 1. The lowest BCUT2D eigenvalue weighted by molar-refractivity contribution is -0.384. The van der Waals surface area contributed by atoms with E-state index in [1.165, 1.54) is 17.0 Å². The summed E-state index contributed by atoms with van der Waals surface area (Å²) in [5.74, 6) is -0.252. The van der Waals surface area contributed by atoms with Gasteiger partial charge in [-0.2, -0.15) is 0 Å². The van der Waals surface area contributed by atoms with Gasteiger partial charge in [0.15, 0.2) is 5.11 Å². The lowest BCUT2D eigenvalue weighted by Gasteiger charge is -2.13. The highest BCUT2D eigenvalue weighted by Gasteiger charge is 2.31. The first-order chi connectivity index (χ1) is 15.5. The van der Waals surface area contributed by atoms with Gasteiger partial charge in [-0.1, -0.05) is 48.5 Å². The molecule has 1 amide bonds. The number of nitro groups is 1. The quantitative estimate of drug-likeness (QED) is 0.165. The number of amides is 1. The molecule has 1 saturated heterocycles. The molecule has 0 aliphatic carbocycles. The Morgan fingerprint density at radius 1 is 0.969 bits per heavy atom. The normalized spacial score (nSPS) is 15.0. The first-order valence-electron chi connectivity index (χ1n) is 9.86. The zero-order valence-electron chi connectivity index (χ0n) is 16.7. The number of nitrogens with zero attached hydrogens (tertiary/aromatic N) is 3. The van der Waals surface area contributed by atoms with Crippen molar-refractivity contribution in [3.8, 4) is 0 Å². The average Bonchev–Trinajstić information content (AvgIpc) is 3.06. The second-order valence-corrected chi connectivity index (χ2v) is 7.75. The fourth-order valence-corrected chi connectivity index (χ4v) is 4.05. The second-order valence-electron chi connectivity index (χ2n) is 7.36. The van der Waals surface area contributed by atoms with Crippen LogP contribution in [0.25, 0.3) is 27.9 Å². The second kappa shape index (κ2) is 7.82. The fraction of sp³-hybridized carbons (Fsp3) is 0.0417. The van der Waals surface area contributed by atoms with Crippen molar-refractivity contribution >= 4 is 56.8 Å². The molecule has 1 aromatic heterocycles. The SMILES string of the molecule is O=C1/C(=C/c2c3ccccc3nc3ccccc23)NC(=S)N1Cc1ccc([N+](=O)[O-])cc1. The first-order valence-corrected chi connectivity index (χ1v) is 10.3. The van der Waals surface area contributed by atoms with Gasteiger partial charge < -0.3 is 5.32 Å². The summed E-state index contributed by atoms with van der Waals surface area (Å²) in [6.07, 6.45) is 1.82. The molecule has 32 heavy (non-hydrogen) atoms. The molecular formula is C24H16N4O3S. The average molecular weight is 440 g/mol. The van der Waals surface area contributed by atoms with Gasteiger partial charge in [0.1, 0.15) is 5.70 Å². The smallest absolute Gasteiger partial charge is 0.276 e. The summed E-state index contributed by atoms with van der Waals surface area (Å²) in [5, 5.41) is 16.1. The summed E-state index contributed by atoms with van der Waals surface area (Å²) >= 11 is 5.40. The molecule has 156 valence electrons. The van der Waals surface area contributed by atoms with Crippen molar-refractivity contribution in [1.82, 2.24) is 15.2 Å². The van der Waals surface area contributed by atoms with Crippen LogP contribution in [0.15, 0.2) is 78.5 Å². The zero-order valence-corrected chi connectivity index (χ0v) is 17.5. The predicted molar refractivity (Wildman–Crippen MR) is 127 cm³/mol. The maximum atomic E-state index is 13.2.